The molecule has 0 bridgehead atoms. The summed E-state index contributed by atoms with van der Waals surface area (Å²) in [7, 11) is 0. The van der Waals surface area contributed by atoms with Gasteiger partial charge in [-0.2, -0.15) is 0 Å². The summed E-state index contributed by atoms with van der Waals surface area (Å²) in [5, 5.41) is 3.79. The number of carbonyl (C=O) groups is 2. The van der Waals surface area contributed by atoms with Crippen LogP contribution in [-0.4, -0.2) is 18.3 Å². The summed E-state index contributed by atoms with van der Waals surface area (Å²) in [6.45, 7) is 2.77. The summed E-state index contributed by atoms with van der Waals surface area (Å²) in [6, 6.07) is 12.0. The van der Waals surface area contributed by atoms with Crippen LogP contribution in [0.3, 0.4) is 0 Å². The van der Waals surface area contributed by atoms with E-state index in [0.717, 1.165) is 11.3 Å². The smallest absolute Gasteiger partial charge is 0.220 e. The minimum Gasteiger partial charge on any atom is -0.494 e. The van der Waals surface area contributed by atoms with Gasteiger partial charge in [0.1, 0.15) is 5.75 Å². The Labute approximate surface area is 157 Å². The molecule has 6 heteroatoms. The van der Waals surface area contributed by atoms with Crippen LogP contribution in [0.4, 0.5) is 0 Å². The first kappa shape index (κ1) is 19.3. The second-order valence-electron chi connectivity index (χ2n) is 5.39. The van der Waals surface area contributed by atoms with E-state index >= 15 is 0 Å². The first-order valence-corrected chi connectivity index (χ1v) is 8.72. The second kappa shape index (κ2) is 9.44. The lowest BCUT2D eigenvalue weighted by molar-refractivity contribution is -0.121. The summed E-state index contributed by atoms with van der Waals surface area (Å²) in [5.74, 6) is 0.435. The van der Waals surface area contributed by atoms with Crippen LogP contribution in [0.1, 0.15) is 35.7 Å². The van der Waals surface area contributed by atoms with Gasteiger partial charge in [0, 0.05) is 35.0 Å². The number of ether oxygens (including phenoxy) is 1. The van der Waals surface area contributed by atoms with Crippen LogP contribution >= 0.6 is 23.2 Å². The number of benzene rings is 2. The lowest BCUT2D eigenvalue weighted by Crippen LogP contribution is -2.23. The molecule has 25 heavy (non-hydrogen) atoms. The number of carbonyl (C=O) groups excluding carboxylic acids is 2. The van der Waals surface area contributed by atoms with Crippen molar-refractivity contribution in [1.29, 1.82) is 0 Å². The zero-order valence-electron chi connectivity index (χ0n) is 13.9. The fourth-order valence-corrected chi connectivity index (χ4v) is 2.70. The zero-order chi connectivity index (χ0) is 18.2. The Morgan fingerprint density at radius 3 is 2.40 bits per heavy atom. The monoisotopic (exact) mass is 379 g/mol. The molecule has 2 rings (SSSR count). The van der Waals surface area contributed by atoms with Crippen molar-refractivity contribution in [1.82, 2.24) is 5.32 Å². The third kappa shape index (κ3) is 6.07. The van der Waals surface area contributed by atoms with Crippen molar-refractivity contribution in [2.75, 3.05) is 6.61 Å². The molecule has 0 radical (unpaired) electrons. The molecule has 2 aromatic rings. The molecule has 132 valence electrons. The highest BCUT2D eigenvalue weighted by Crippen LogP contribution is 2.20. The molecule has 0 aliphatic rings. The minimum absolute atomic E-state index is 0.0808. The third-order valence-electron chi connectivity index (χ3n) is 3.56. The van der Waals surface area contributed by atoms with E-state index in [1.54, 1.807) is 42.5 Å². The van der Waals surface area contributed by atoms with Crippen LogP contribution in [0.2, 0.25) is 10.0 Å². The first-order valence-electron chi connectivity index (χ1n) is 7.96. The lowest BCUT2D eigenvalue weighted by Gasteiger charge is -2.08. The van der Waals surface area contributed by atoms with Gasteiger partial charge in [0.2, 0.25) is 5.91 Å². The van der Waals surface area contributed by atoms with Crippen LogP contribution in [0.5, 0.6) is 5.75 Å². The maximum absolute atomic E-state index is 12.1. The molecule has 0 atom stereocenters. The zero-order valence-corrected chi connectivity index (χ0v) is 15.4. The highest BCUT2D eigenvalue weighted by atomic mass is 35.5. The largest absolute Gasteiger partial charge is 0.494 e. The molecule has 1 amide bonds. The van der Waals surface area contributed by atoms with Crippen molar-refractivity contribution in [2.24, 2.45) is 0 Å². The summed E-state index contributed by atoms with van der Waals surface area (Å²) < 4.78 is 5.34. The van der Waals surface area contributed by atoms with Gasteiger partial charge in [-0.3, -0.25) is 9.59 Å². The van der Waals surface area contributed by atoms with E-state index in [0.29, 0.717) is 28.8 Å². The van der Waals surface area contributed by atoms with Crippen LogP contribution in [-0.2, 0) is 11.3 Å². The maximum Gasteiger partial charge on any atom is 0.220 e. The average molecular weight is 380 g/mol. The number of nitrogens with one attached hydrogen (secondary N) is 1. The van der Waals surface area contributed by atoms with Gasteiger partial charge in [-0.05, 0) is 48.9 Å². The Balaban J connectivity index is 1.79. The Kier molecular flexibility index (Phi) is 7.29. The minimum atomic E-state index is -0.203. The van der Waals surface area contributed by atoms with Gasteiger partial charge in [0.25, 0.3) is 0 Å². The van der Waals surface area contributed by atoms with Gasteiger partial charge in [-0.25, -0.2) is 0 Å². The fraction of sp³-hybridized carbons (Fsp3) is 0.263. The molecule has 4 nitrogen and oxygen atoms in total. The van der Waals surface area contributed by atoms with E-state index in [1.165, 1.54) is 0 Å². The van der Waals surface area contributed by atoms with E-state index in [-0.39, 0.29) is 24.5 Å². The van der Waals surface area contributed by atoms with E-state index in [2.05, 4.69) is 5.32 Å². The summed E-state index contributed by atoms with van der Waals surface area (Å²) in [4.78, 5) is 24.0. The number of halogens is 2. The Hall–Kier alpha value is -2.04. The molecule has 1 N–H and O–H groups in total. The molecular weight excluding hydrogens is 361 g/mol. The van der Waals surface area contributed by atoms with Gasteiger partial charge in [0.15, 0.2) is 5.78 Å². The molecule has 0 fully saturated rings. The summed E-state index contributed by atoms with van der Waals surface area (Å²) >= 11 is 11.9. The molecule has 2 aromatic carbocycles. The van der Waals surface area contributed by atoms with E-state index in [1.807, 2.05) is 6.92 Å². The highest BCUT2D eigenvalue weighted by molar-refractivity contribution is 6.35. The van der Waals surface area contributed by atoms with E-state index < -0.39 is 0 Å². The predicted octanol–water partition coefficient (Wildman–Crippen LogP) is 4.67. The fourth-order valence-electron chi connectivity index (χ4n) is 2.22. The molecule has 0 spiro atoms. The quantitative estimate of drug-likeness (QED) is 0.677. The van der Waals surface area contributed by atoms with Crippen molar-refractivity contribution in [2.45, 2.75) is 26.3 Å². The van der Waals surface area contributed by atoms with Gasteiger partial charge in [0.05, 0.1) is 6.61 Å². The normalized spacial score (nSPS) is 10.4. The molecule has 0 aromatic heterocycles. The predicted molar refractivity (Wildman–Crippen MR) is 99.5 cm³/mol. The molecular formula is C19H19Cl2NO3. The molecule has 0 saturated carbocycles. The van der Waals surface area contributed by atoms with Gasteiger partial charge >= 0.3 is 0 Å². The highest BCUT2D eigenvalue weighted by Gasteiger charge is 2.10. The van der Waals surface area contributed by atoms with Crippen LogP contribution in [0.15, 0.2) is 42.5 Å². The Morgan fingerprint density at radius 1 is 1.04 bits per heavy atom. The van der Waals surface area contributed by atoms with Gasteiger partial charge in [-0.1, -0.05) is 29.3 Å². The number of amides is 1. The molecule has 0 aliphatic heterocycles. The number of rotatable bonds is 8. The standard InChI is InChI=1S/C19H19Cl2NO3/c1-2-25-16-7-4-13(5-8-16)18(23)9-10-19(24)22-12-14-3-6-15(20)11-17(14)21/h3-8,11H,2,9-10,12H2,1H3,(H,22,24). The Bertz CT molecular complexity index is 745. The average Bonchev–Trinajstić information content (AvgIpc) is 2.60. The topological polar surface area (TPSA) is 55.4 Å². The molecule has 0 saturated heterocycles. The lowest BCUT2D eigenvalue weighted by atomic mass is 10.1. The van der Waals surface area contributed by atoms with Gasteiger partial charge in [-0.15, -0.1) is 0 Å². The van der Waals surface area contributed by atoms with Crippen molar-refractivity contribution in [3.63, 3.8) is 0 Å². The van der Waals surface area contributed by atoms with E-state index in [4.69, 9.17) is 27.9 Å². The van der Waals surface area contributed by atoms with Crippen molar-refractivity contribution < 1.29 is 14.3 Å². The van der Waals surface area contributed by atoms with Gasteiger partial charge < -0.3 is 10.1 Å². The van der Waals surface area contributed by atoms with Crippen molar-refractivity contribution in [3.8, 4) is 5.75 Å². The first-order chi connectivity index (χ1) is 12.0. The summed E-state index contributed by atoms with van der Waals surface area (Å²) in [5.41, 5.74) is 1.34. The third-order valence-corrected chi connectivity index (χ3v) is 4.14. The molecule has 0 aliphatic carbocycles. The number of hydrogen-bond acceptors (Lipinski definition) is 3. The number of hydrogen-bond donors (Lipinski definition) is 1. The van der Waals surface area contributed by atoms with Crippen LogP contribution < -0.4 is 10.1 Å². The SMILES string of the molecule is CCOc1ccc(C(=O)CCC(=O)NCc2ccc(Cl)cc2Cl)cc1. The number of Topliss-reactive ketones (excluding diaryl/α,β-unsaturated/α-hetero) is 1. The van der Waals surface area contributed by atoms with Crippen LogP contribution in [0.25, 0.3) is 0 Å². The Morgan fingerprint density at radius 2 is 1.76 bits per heavy atom. The van der Waals surface area contributed by atoms with Crippen molar-refractivity contribution in [3.05, 3.63) is 63.6 Å². The van der Waals surface area contributed by atoms with Crippen molar-refractivity contribution >= 4 is 34.9 Å². The summed E-state index contributed by atoms with van der Waals surface area (Å²) in [6.07, 6.45) is 0.269. The molecule has 0 unspecified atom stereocenters. The maximum atomic E-state index is 12.1. The number of ketones is 1. The van der Waals surface area contributed by atoms with E-state index in [9.17, 15) is 9.59 Å². The molecule has 0 heterocycles. The second-order valence-corrected chi connectivity index (χ2v) is 6.24. The van der Waals surface area contributed by atoms with Crippen LogP contribution in [0, 0.1) is 0 Å².